The molecule has 1 N–H and O–H groups in total. The van der Waals surface area contributed by atoms with Gasteiger partial charge in [0.2, 0.25) is 11.1 Å². The molecule has 0 saturated heterocycles. The quantitative estimate of drug-likeness (QED) is 0.696. The van der Waals surface area contributed by atoms with Gasteiger partial charge in [0, 0.05) is 10.6 Å². The molecule has 0 fully saturated rings. The van der Waals surface area contributed by atoms with E-state index in [1.54, 1.807) is 16.0 Å². The first-order chi connectivity index (χ1) is 11.2. The molecule has 118 valence electrons. The normalized spacial score (nSPS) is 12.0. The van der Waals surface area contributed by atoms with Crippen LogP contribution < -0.4 is 5.32 Å². The minimum atomic E-state index is -0.303. The van der Waals surface area contributed by atoms with Gasteiger partial charge in [-0.3, -0.25) is 4.79 Å². The first-order valence-electron chi connectivity index (χ1n) is 7.03. The van der Waals surface area contributed by atoms with Crippen molar-refractivity contribution < 1.29 is 4.79 Å². The van der Waals surface area contributed by atoms with Gasteiger partial charge in [0.1, 0.15) is 0 Å². The maximum atomic E-state index is 12.3. The molecule has 2 aromatic heterocycles. The Hall–Kier alpha value is -2.19. The maximum absolute atomic E-state index is 12.3. The van der Waals surface area contributed by atoms with Gasteiger partial charge < -0.3 is 5.32 Å². The van der Waals surface area contributed by atoms with Crippen molar-refractivity contribution in [3.8, 4) is 0 Å². The summed E-state index contributed by atoms with van der Waals surface area (Å²) in [5.41, 5.74) is 0.781. The van der Waals surface area contributed by atoms with Crippen LogP contribution in [0.15, 0.2) is 53.0 Å². The second-order valence-corrected chi connectivity index (χ2v) is 7.15. The molecule has 1 aromatic carbocycles. The van der Waals surface area contributed by atoms with Crippen molar-refractivity contribution in [3.63, 3.8) is 0 Å². The fourth-order valence-corrected chi connectivity index (χ4v) is 3.38. The fraction of sp³-hybridized carbons (Fsp3) is 0.200. The number of hydrogen-bond donors (Lipinski definition) is 1. The Kier molecular flexibility index (Phi) is 5.04. The Labute approximate surface area is 141 Å². The molecule has 3 aromatic rings. The van der Waals surface area contributed by atoms with E-state index in [1.807, 2.05) is 54.8 Å². The highest BCUT2D eigenvalue weighted by Gasteiger charge is 2.18. The highest BCUT2D eigenvalue weighted by atomic mass is 32.2. The van der Waals surface area contributed by atoms with E-state index in [4.69, 9.17) is 0 Å². The van der Waals surface area contributed by atoms with Crippen LogP contribution in [0.25, 0.3) is 0 Å². The number of hydrogen-bond acceptors (Lipinski definition) is 6. The number of carbonyl (C=O) groups excluding carboxylic acids is 1. The molecule has 6 nitrogen and oxygen atoms in total. The molecule has 0 spiro atoms. The van der Waals surface area contributed by atoms with Crippen LogP contribution in [-0.4, -0.2) is 31.4 Å². The van der Waals surface area contributed by atoms with Crippen molar-refractivity contribution in [2.75, 3.05) is 5.32 Å². The zero-order valence-corrected chi connectivity index (χ0v) is 14.0. The molecule has 23 heavy (non-hydrogen) atoms. The first-order valence-corrected chi connectivity index (χ1v) is 8.79. The van der Waals surface area contributed by atoms with Gasteiger partial charge in [0.25, 0.3) is 0 Å². The highest BCUT2D eigenvalue weighted by molar-refractivity contribution is 8.00. The number of thioether (sulfide) groups is 1. The van der Waals surface area contributed by atoms with Crippen LogP contribution in [-0.2, 0) is 11.3 Å². The van der Waals surface area contributed by atoms with Gasteiger partial charge in [-0.2, -0.15) is 0 Å². The lowest BCUT2D eigenvalue weighted by atomic mass is 10.3. The van der Waals surface area contributed by atoms with Crippen LogP contribution in [0.1, 0.15) is 11.8 Å². The topological polar surface area (TPSA) is 72.7 Å². The molecule has 3 rings (SSSR count). The zero-order valence-electron chi connectivity index (χ0n) is 12.4. The van der Waals surface area contributed by atoms with Crippen LogP contribution in [0.2, 0.25) is 0 Å². The van der Waals surface area contributed by atoms with Gasteiger partial charge >= 0.3 is 0 Å². The number of aromatic nitrogens is 4. The van der Waals surface area contributed by atoms with Crippen molar-refractivity contribution in [2.24, 2.45) is 0 Å². The van der Waals surface area contributed by atoms with Crippen molar-refractivity contribution in [1.82, 2.24) is 20.2 Å². The van der Waals surface area contributed by atoms with E-state index in [2.05, 4.69) is 20.8 Å². The second-order valence-electron chi connectivity index (χ2n) is 4.81. The number of amides is 1. The van der Waals surface area contributed by atoms with E-state index in [9.17, 15) is 4.79 Å². The molecule has 0 aliphatic carbocycles. The third-order valence-electron chi connectivity index (χ3n) is 3.08. The molecule has 8 heteroatoms. The number of tetrazole rings is 1. The highest BCUT2D eigenvalue weighted by Crippen LogP contribution is 2.22. The van der Waals surface area contributed by atoms with Crippen LogP contribution in [0.5, 0.6) is 0 Å². The van der Waals surface area contributed by atoms with Gasteiger partial charge in [-0.25, -0.2) is 4.68 Å². The van der Waals surface area contributed by atoms with Crippen molar-refractivity contribution >= 4 is 34.7 Å². The maximum Gasteiger partial charge on any atom is 0.237 e. The van der Waals surface area contributed by atoms with Crippen molar-refractivity contribution in [2.45, 2.75) is 23.9 Å². The number of rotatable bonds is 6. The summed E-state index contributed by atoms with van der Waals surface area (Å²) in [6.07, 6.45) is 0. The van der Waals surface area contributed by atoms with Crippen LogP contribution in [0.4, 0.5) is 5.69 Å². The lowest BCUT2D eigenvalue weighted by molar-refractivity contribution is -0.115. The number of para-hydroxylation sites is 1. The molecule has 1 unspecified atom stereocenters. The summed E-state index contributed by atoms with van der Waals surface area (Å²) in [5, 5.41) is 17.0. The third kappa shape index (κ3) is 4.17. The smallest absolute Gasteiger partial charge is 0.237 e. The molecule has 0 bridgehead atoms. The zero-order chi connectivity index (χ0) is 16.1. The van der Waals surface area contributed by atoms with Crippen LogP contribution >= 0.6 is 23.1 Å². The third-order valence-corrected chi connectivity index (χ3v) is 5.01. The molecule has 0 aliphatic heterocycles. The predicted octanol–water partition coefficient (Wildman–Crippen LogP) is 2.90. The summed E-state index contributed by atoms with van der Waals surface area (Å²) in [6.45, 7) is 2.45. The van der Waals surface area contributed by atoms with Crippen LogP contribution in [0.3, 0.4) is 0 Å². The Balaban J connectivity index is 1.62. The minimum absolute atomic E-state index is 0.0770. The van der Waals surface area contributed by atoms with E-state index in [-0.39, 0.29) is 11.2 Å². The Bertz CT molecular complexity index is 757. The molecule has 1 atom stereocenters. The van der Waals surface area contributed by atoms with Gasteiger partial charge in [-0.15, -0.1) is 16.4 Å². The molecule has 0 saturated carbocycles. The lowest BCUT2D eigenvalue weighted by Crippen LogP contribution is -2.23. The van der Waals surface area contributed by atoms with E-state index >= 15 is 0 Å². The molecule has 1 amide bonds. The summed E-state index contributed by atoms with van der Waals surface area (Å²) in [4.78, 5) is 13.4. The summed E-state index contributed by atoms with van der Waals surface area (Å²) >= 11 is 3.00. The predicted molar refractivity (Wildman–Crippen MR) is 91.6 cm³/mol. The van der Waals surface area contributed by atoms with E-state index in [0.29, 0.717) is 11.7 Å². The van der Waals surface area contributed by atoms with E-state index in [1.165, 1.54) is 16.6 Å². The van der Waals surface area contributed by atoms with Gasteiger partial charge in [-0.1, -0.05) is 36.0 Å². The Morgan fingerprint density at radius 1 is 1.30 bits per heavy atom. The van der Waals surface area contributed by atoms with E-state index < -0.39 is 0 Å². The molecule has 0 radical (unpaired) electrons. The standard InChI is InChI=1S/C15H15N5OS2/c1-11(14(21)16-12-6-3-2-4-7-12)23-15-17-18-19-20(15)10-13-8-5-9-22-13/h2-9,11H,10H2,1H3,(H,16,21). The SMILES string of the molecule is CC(Sc1nnnn1Cc1cccs1)C(=O)Nc1ccccc1. The van der Waals surface area contributed by atoms with Gasteiger partial charge in [0.15, 0.2) is 0 Å². The summed E-state index contributed by atoms with van der Waals surface area (Å²) in [7, 11) is 0. The monoisotopic (exact) mass is 345 g/mol. The largest absolute Gasteiger partial charge is 0.325 e. The average Bonchev–Trinajstić information content (AvgIpc) is 3.21. The summed E-state index contributed by atoms with van der Waals surface area (Å²) in [5.74, 6) is -0.0770. The molecular formula is C15H15N5OS2. The Morgan fingerprint density at radius 3 is 2.87 bits per heavy atom. The fourth-order valence-electron chi connectivity index (χ4n) is 1.91. The second kappa shape index (κ2) is 7.38. The van der Waals surface area contributed by atoms with Gasteiger partial charge in [-0.05, 0) is 40.9 Å². The lowest BCUT2D eigenvalue weighted by Gasteiger charge is -2.11. The van der Waals surface area contributed by atoms with Crippen LogP contribution in [0, 0.1) is 0 Å². The summed E-state index contributed by atoms with van der Waals surface area (Å²) < 4.78 is 1.71. The minimum Gasteiger partial charge on any atom is -0.325 e. The van der Waals surface area contributed by atoms with E-state index in [0.717, 1.165) is 5.69 Å². The van der Waals surface area contributed by atoms with Gasteiger partial charge in [0.05, 0.1) is 11.8 Å². The van der Waals surface area contributed by atoms with Crippen molar-refractivity contribution in [3.05, 3.63) is 52.7 Å². The number of thiophene rings is 1. The first kappa shape index (κ1) is 15.7. The number of carbonyl (C=O) groups is 1. The molecule has 0 aliphatic rings. The number of nitrogens with zero attached hydrogens (tertiary/aromatic N) is 4. The number of anilines is 1. The molecular weight excluding hydrogens is 330 g/mol. The number of nitrogens with one attached hydrogen (secondary N) is 1. The Morgan fingerprint density at radius 2 is 2.13 bits per heavy atom. The number of benzene rings is 1. The molecule has 2 heterocycles. The summed E-state index contributed by atoms with van der Waals surface area (Å²) in [6, 6.07) is 13.4. The average molecular weight is 345 g/mol. The van der Waals surface area contributed by atoms with Crippen molar-refractivity contribution in [1.29, 1.82) is 0 Å².